The number of ether oxygens (including phenoxy) is 1. The second-order valence-electron chi connectivity index (χ2n) is 5.23. The van der Waals surface area contributed by atoms with Crippen LogP contribution in [0.15, 0.2) is 0 Å². The Labute approximate surface area is 105 Å². The summed E-state index contributed by atoms with van der Waals surface area (Å²) in [6.07, 6.45) is 4.09. The van der Waals surface area contributed by atoms with Gasteiger partial charge in [0.15, 0.2) is 0 Å². The van der Waals surface area contributed by atoms with Crippen LogP contribution in [0.2, 0.25) is 0 Å². The first-order valence-electron chi connectivity index (χ1n) is 7.06. The molecule has 0 saturated carbocycles. The molecule has 0 aromatic carbocycles. The van der Waals surface area contributed by atoms with Crippen LogP contribution in [0, 0.1) is 0 Å². The van der Waals surface area contributed by atoms with Gasteiger partial charge in [0, 0.05) is 39.3 Å². The molecule has 1 unspecified atom stereocenters. The van der Waals surface area contributed by atoms with Crippen LogP contribution in [0.1, 0.15) is 19.3 Å². The predicted molar refractivity (Wildman–Crippen MR) is 70.4 cm³/mol. The van der Waals surface area contributed by atoms with Gasteiger partial charge in [-0.15, -0.1) is 0 Å². The molecule has 1 N–H and O–H groups in total. The largest absolute Gasteiger partial charge is 0.383 e. The molecule has 0 bridgehead atoms. The van der Waals surface area contributed by atoms with Gasteiger partial charge in [-0.2, -0.15) is 0 Å². The molecule has 100 valence electrons. The second kappa shape index (κ2) is 7.31. The van der Waals surface area contributed by atoms with Crippen LogP contribution in [0.3, 0.4) is 0 Å². The van der Waals surface area contributed by atoms with Crippen molar-refractivity contribution in [1.82, 2.24) is 15.1 Å². The summed E-state index contributed by atoms with van der Waals surface area (Å²) >= 11 is 0. The predicted octanol–water partition coefficient (Wildman–Crippen LogP) is 0.393. The minimum Gasteiger partial charge on any atom is -0.383 e. The summed E-state index contributed by atoms with van der Waals surface area (Å²) in [5, 5.41) is 3.41. The lowest BCUT2D eigenvalue weighted by Crippen LogP contribution is -2.50. The molecule has 0 amide bonds. The van der Waals surface area contributed by atoms with Crippen molar-refractivity contribution in [2.24, 2.45) is 0 Å². The summed E-state index contributed by atoms with van der Waals surface area (Å²) < 4.78 is 5.01. The standard InChI is InChI=1S/C13H27N3O/c1-17-11-6-14-5-3-7-15-9-10-16-8-2-4-13(16)12-15/h13-14H,2-12H2,1H3. The molecule has 2 saturated heterocycles. The molecule has 2 fully saturated rings. The van der Waals surface area contributed by atoms with Gasteiger partial charge in [0.05, 0.1) is 6.61 Å². The molecule has 4 nitrogen and oxygen atoms in total. The topological polar surface area (TPSA) is 27.7 Å². The first kappa shape index (κ1) is 13.3. The lowest BCUT2D eigenvalue weighted by Gasteiger charge is -2.37. The fourth-order valence-corrected chi connectivity index (χ4v) is 2.99. The summed E-state index contributed by atoms with van der Waals surface area (Å²) in [7, 11) is 1.75. The van der Waals surface area contributed by atoms with Crippen molar-refractivity contribution >= 4 is 0 Å². The highest BCUT2D eigenvalue weighted by Crippen LogP contribution is 2.21. The fourth-order valence-electron chi connectivity index (χ4n) is 2.99. The molecule has 2 aliphatic heterocycles. The molecule has 4 heteroatoms. The maximum atomic E-state index is 5.01. The van der Waals surface area contributed by atoms with Crippen LogP contribution in [0.5, 0.6) is 0 Å². The number of hydrogen-bond acceptors (Lipinski definition) is 4. The van der Waals surface area contributed by atoms with E-state index in [9.17, 15) is 0 Å². The molecule has 17 heavy (non-hydrogen) atoms. The Kier molecular flexibility index (Phi) is 5.71. The van der Waals surface area contributed by atoms with E-state index >= 15 is 0 Å². The van der Waals surface area contributed by atoms with E-state index in [0.29, 0.717) is 0 Å². The van der Waals surface area contributed by atoms with E-state index in [0.717, 1.165) is 25.7 Å². The molecule has 2 rings (SSSR count). The molecule has 2 heterocycles. The third-order valence-corrected chi connectivity index (χ3v) is 3.98. The molecule has 1 atom stereocenters. The van der Waals surface area contributed by atoms with E-state index < -0.39 is 0 Å². The number of piperazine rings is 1. The Balaban J connectivity index is 1.51. The Morgan fingerprint density at radius 1 is 1.24 bits per heavy atom. The average molecular weight is 241 g/mol. The summed E-state index contributed by atoms with van der Waals surface area (Å²) in [6, 6.07) is 0.866. The number of nitrogens with zero attached hydrogens (tertiary/aromatic N) is 2. The molecule has 0 radical (unpaired) electrons. The molecule has 0 aromatic rings. The van der Waals surface area contributed by atoms with Gasteiger partial charge in [0.2, 0.25) is 0 Å². The van der Waals surface area contributed by atoms with E-state index in [-0.39, 0.29) is 0 Å². The van der Waals surface area contributed by atoms with Crippen LogP contribution in [-0.4, -0.2) is 75.4 Å². The average Bonchev–Trinajstić information content (AvgIpc) is 2.81. The van der Waals surface area contributed by atoms with Crippen molar-refractivity contribution in [2.75, 3.05) is 59.5 Å². The second-order valence-corrected chi connectivity index (χ2v) is 5.23. The maximum Gasteiger partial charge on any atom is 0.0587 e. The fraction of sp³-hybridized carbons (Fsp3) is 1.00. The highest BCUT2D eigenvalue weighted by atomic mass is 16.5. The van der Waals surface area contributed by atoms with E-state index in [1.807, 2.05) is 0 Å². The van der Waals surface area contributed by atoms with Gasteiger partial charge in [-0.25, -0.2) is 0 Å². The summed E-state index contributed by atoms with van der Waals surface area (Å²) in [5.41, 5.74) is 0. The number of fused-ring (bicyclic) bond motifs is 1. The van der Waals surface area contributed by atoms with Gasteiger partial charge >= 0.3 is 0 Å². The summed E-state index contributed by atoms with van der Waals surface area (Å²) in [5.74, 6) is 0. The van der Waals surface area contributed by atoms with Gasteiger partial charge in [-0.05, 0) is 38.9 Å². The third kappa shape index (κ3) is 4.21. The molecular formula is C13H27N3O. The normalized spacial score (nSPS) is 26.3. The smallest absolute Gasteiger partial charge is 0.0587 e. The molecule has 0 spiro atoms. The number of nitrogens with one attached hydrogen (secondary N) is 1. The van der Waals surface area contributed by atoms with Crippen LogP contribution in [0.4, 0.5) is 0 Å². The van der Waals surface area contributed by atoms with Gasteiger partial charge in [-0.3, -0.25) is 4.90 Å². The molecular weight excluding hydrogens is 214 g/mol. The number of rotatable bonds is 7. The highest BCUT2D eigenvalue weighted by Gasteiger charge is 2.29. The van der Waals surface area contributed by atoms with Crippen molar-refractivity contribution in [2.45, 2.75) is 25.3 Å². The number of methoxy groups -OCH3 is 1. The van der Waals surface area contributed by atoms with E-state index in [4.69, 9.17) is 4.74 Å². The third-order valence-electron chi connectivity index (χ3n) is 3.98. The SMILES string of the molecule is COCCNCCCN1CCN2CCCC2C1. The Bertz CT molecular complexity index is 213. The van der Waals surface area contributed by atoms with Gasteiger partial charge < -0.3 is 15.0 Å². The zero-order chi connectivity index (χ0) is 11.9. The van der Waals surface area contributed by atoms with Crippen LogP contribution >= 0.6 is 0 Å². The zero-order valence-electron chi connectivity index (χ0n) is 11.2. The van der Waals surface area contributed by atoms with Crippen LogP contribution in [-0.2, 0) is 4.74 Å². The van der Waals surface area contributed by atoms with E-state index in [1.165, 1.54) is 52.0 Å². The van der Waals surface area contributed by atoms with Gasteiger partial charge in [-0.1, -0.05) is 0 Å². The Morgan fingerprint density at radius 2 is 2.18 bits per heavy atom. The van der Waals surface area contributed by atoms with Gasteiger partial charge in [0.1, 0.15) is 0 Å². The first-order chi connectivity index (χ1) is 8.40. The minimum absolute atomic E-state index is 0.820. The van der Waals surface area contributed by atoms with Crippen molar-refractivity contribution < 1.29 is 4.74 Å². The van der Waals surface area contributed by atoms with Crippen molar-refractivity contribution in [1.29, 1.82) is 0 Å². The van der Waals surface area contributed by atoms with Crippen molar-refractivity contribution in [3.63, 3.8) is 0 Å². The van der Waals surface area contributed by atoms with Crippen molar-refractivity contribution in [3.05, 3.63) is 0 Å². The molecule has 0 aliphatic carbocycles. The summed E-state index contributed by atoms with van der Waals surface area (Å²) in [4.78, 5) is 5.32. The minimum atomic E-state index is 0.820. The monoisotopic (exact) mass is 241 g/mol. The van der Waals surface area contributed by atoms with E-state index in [2.05, 4.69) is 15.1 Å². The molecule has 0 aromatic heterocycles. The van der Waals surface area contributed by atoms with Gasteiger partial charge in [0.25, 0.3) is 0 Å². The lowest BCUT2D eigenvalue weighted by molar-refractivity contribution is 0.103. The van der Waals surface area contributed by atoms with E-state index in [1.54, 1.807) is 7.11 Å². The van der Waals surface area contributed by atoms with Crippen LogP contribution in [0.25, 0.3) is 0 Å². The van der Waals surface area contributed by atoms with Crippen molar-refractivity contribution in [3.8, 4) is 0 Å². The summed E-state index contributed by atoms with van der Waals surface area (Å²) in [6.45, 7) is 9.39. The molecule has 2 aliphatic rings. The number of hydrogen-bond donors (Lipinski definition) is 1. The van der Waals surface area contributed by atoms with Crippen LogP contribution < -0.4 is 5.32 Å². The Hall–Kier alpha value is -0.160. The zero-order valence-corrected chi connectivity index (χ0v) is 11.2. The quantitative estimate of drug-likeness (QED) is 0.653. The maximum absolute atomic E-state index is 5.01. The Morgan fingerprint density at radius 3 is 3.06 bits per heavy atom. The first-order valence-corrected chi connectivity index (χ1v) is 7.06. The highest BCUT2D eigenvalue weighted by molar-refractivity contribution is 4.86. The lowest BCUT2D eigenvalue weighted by atomic mass is 10.1.